The van der Waals surface area contributed by atoms with Crippen molar-refractivity contribution in [2.75, 3.05) is 19.6 Å². The Labute approximate surface area is 88.4 Å². The number of amides is 1. The molecule has 15 heavy (non-hydrogen) atoms. The first-order valence-electron chi connectivity index (χ1n) is 5.25. The molecular formula is C10H15N3O2. The molecule has 0 bridgehead atoms. The SMILES string of the molecule is CCN(C(=O)c1ccno1)C1CCNC1. The Hall–Kier alpha value is -1.36. The van der Waals surface area contributed by atoms with E-state index in [1.54, 1.807) is 6.07 Å². The van der Waals surface area contributed by atoms with E-state index >= 15 is 0 Å². The monoisotopic (exact) mass is 209 g/mol. The molecule has 82 valence electrons. The molecule has 0 saturated carbocycles. The molecule has 1 N–H and O–H groups in total. The molecule has 1 fully saturated rings. The highest BCUT2D eigenvalue weighted by molar-refractivity contribution is 5.91. The van der Waals surface area contributed by atoms with Gasteiger partial charge < -0.3 is 14.7 Å². The molecule has 1 unspecified atom stereocenters. The number of nitrogens with one attached hydrogen (secondary N) is 1. The van der Waals surface area contributed by atoms with Gasteiger partial charge in [-0.3, -0.25) is 4.79 Å². The predicted octanol–water partition coefficient (Wildman–Crippen LogP) is 0.499. The van der Waals surface area contributed by atoms with Gasteiger partial charge >= 0.3 is 0 Å². The number of nitrogens with zero attached hydrogens (tertiary/aromatic N) is 2. The summed E-state index contributed by atoms with van der Waals surface area (Å²) in [4.78, 5) is 13.8. The Kier molecular flexibility index (Phi) is 3.01. The molecule has 2 heterocycles. The zero-order valence-electron chi connectivity index (χ0n) is 8.77. The third-order valence-corrected chi connectivity index (χ3v) is 2.73. The van der Waals surface area contributed by atoms with E-state index in [4.69, 9.17) is 4.52 Å². The molecule has 0 aromatic carbocycles. The van der Waals surface area contributed by atoms with Crippen molar-refractivity contribution in [1.82, 2.24) is 15.4 Å². The van der Waals surface area contributed by atoms with Crippen molar-refractivity contribution in [1.29, 1.82) is 0 Å². The average molecular weight is 209 g/mol. The summed E-state index contributed by atoms with van der Waals surface area (Å²) in [6.45, 7) is 4.52. The molecule has 1 aliphatic heterocycles. The van der Waals surface area contributed by atoms with Crippen molar-refractivity contribution in [3.63, 3.8) is 0 Å². The zero-order chi connectivity index (χ0) is 10.7. The number of rotatable bonds is 3. The highest BCUT2D eigenvalue weighted by atomic mass is 16.5. The minimum absolute atomic E-state index is 0.0660. The third kappa shape index (κ3) is 2.02. The summed E-state index contributed by atoms with van der Waals surface area (Å²) in [5.74, 6) is 0.257. The second-order valence-electron chi connectivity index (χ2n) is 3.61. The Morgan fingerprint density at radius 3 is 3.20 bits per heavy atom. The van der Waals surface area contributed by atoms with E-state index in [1.807, 2.05) is 11.8 Å². The van der Waals surface area contributed by atoms with Crippen LogP contribution in [-0.2, 0) is 0 Å². The molecule has 5 nitrogen and oxygen atoms in total. The van der Waals surface area contributed by atoms with Crippen LogP contribution in [0.15, 0.2) is 16.8 Å². The molecule has 1 amide bonds. The van der Waals surface area contributed by atoms with E-state index in [1.165, 1.54) is 6.20 Å². The predicted molar refractivity (Wildman–Crippen MR) is 54.5 cm³/mol. The number of carbonyl (C=O) groups excluding carboxylic acids is 1. The van der Waals surface area contributed by atoms with Crippen LogP contribution in [0, 0.1) is 0 Å². The van der Waals surface area contributed by atoms with Crippen LogP contribution in [0.25, 0.3) is 0 Å². The van der Waals surface area contributed by atoms with Crippen molar-refractivity contribution >= 4 is 5.91 Å². The molecule has 1 saturated heterocycles. The molecule has 0 spiro atoms. The summed E-state index contributed by atoms with van der Waals surface area (Å²) in [6, 6.07) is 1.89. The quantitative estimate of drug-likeness (QED) is 0.787. The lowest BCUT2D eigenvalue weighted by Crippen LogP contribution is -2.41. The largest absolute Gasteiger partial charge is 0.351 e. The molecule has 1 aromatic rings. The number of carbonyl (C=O) groups is 1. The minimum Gasteiger partial charge on any atom is -0.351 e. The van der Waals surface area contributed by atoms with E-state index in [0.29, 0.717) is 12.3 Å². The molecule has 1 aromatic heterocycles. The first-order chi connectivity index (χ1) is 7.33. The summed E-state index contributed by atoms with van der Waals surface area (Å²) < 4.78 is 4.88. The summed E-state index contributed by atoms with van der Waals surface area (Å²) >= 11 is 0. The molecule has 2 rings (SSSR count). The number of hydrogen-bond acceptors (Lipinski definition) is 4. The van der Waals surface area contributed by atoms with E-state index in [-0.39, 0.29) is 11.9 Å². The van der Waals surface area contributed by atoms with Crippen molar-refractivity contribution in [2.24, 2.45) is 0 Å². The molecule has 5 heteroatoms. The summed E-state index contributed by atoms with van der Waals surface area (Å²) in [6.07, 6.45) is 2.50. The summed E-state index contributed by atoms with van der Waals surface area (Å²) in [7, 11) is 0. The van der Waals surface area contributed by atoms with Gasteiger partial charge in [0.2, 0.25) is 5.76 Å². The highest BCUT2D eigenvalue weighted by Crippen LogP contribution is 2.12. The van der Waals surface area contributed by atoms with Crippen molar-refractivity contribution in [3.05, 3.63) is 18.0 Å². The van der Waals surface area contributed by atoms with Gasteiger partial charge in [-0.25, -0.2) is 0 Å². The number of hydrogen-bond donors (Lipinski definition) is 1. The Morgan fingerprint density at radius 1 is 1.80 bits per heavy atom. The number of aromatic nitrogens is 1. The van der Waals surface area contributed by atoms with Gasteiger partial charge in [-0.15, -0.1) is 0 Å². The van der Waals surface area contributed by atoms with Crippen LogP contribution < -0.4 is 5.32 Å². The zero-order valence-corrected chi connectivity index (χ0v) is 8.77. The van der Waals surface area contributed by atoms with Crippen LogP contribution in [0.4, 0.5) is 0 Å². The topological polar surface area (TPSA) is 58.4 Å². The van der Waals surface area contributed by atoms with E-state index < -0.39 is 0 Å². The normalized spacial score (nSPS) is 20.5. The number of likely N-dealkylation sites (N-methyl/N-ethyl adjacent to an activating group) is 1. The maximum Gasteiger partial charge on any atom is 0.292 e. The van der Waals surface area contributed by atoms with Gasteiger partial charge in [0.05, 0.1) is 6.20 Å². The van der Waals surface area contributed by atoms with Gasteiger partial charge in [0.25, 0.3) is 5.91 Å². The third-order valence-electron chi connectivity index (χ3n) is 2.73. The van der Waals surface area contributed by atoms with Gasteiger partial charge in [-0.2, -0.15) is 0 Å². The van der Waals surface area contributed by atoms with Gasteiger partial charge in [0.15, 0.2) is 0 Å². The van der Waals surface area contributed by atoms with E-state index in [0.717, 1.165) is 19.5 Å². The first kappa shape index (κ1) is 10.2. The fraction of sp³-hybridized carbons (Fsp3) is 0.600. The van der Waals surface area contributed by atoms with Gasteiger partial charge in [0, 0.05) is 25.2 Å². The molecule has 0 aliphatic carbocycles. The van der Waals surface area contributed by atoms with Crippen LogP contribution in [0.2, 0.25) is 0 Å². The minimum atomic E-state index is -0.0660. The average Bonchev–Trinajstić information content (AvgIpc) is 2.91. The fourth-order valence-corrected chi connectivity index (χ4v) is 1.94. The maximum absolute atomic E-state index is 12.0. The molecule has 1 atom stereocenters. The molecule has 1 aliphatic rings. The summed E-state index contributed by atoms with van der Waals surface area (Å²) in [5.41, 5.74) is 0. The van der Waals surface area contributed by atoms with Crippen LogP contribution >= 0.6 is 0 Å². The second kappa shape index (κ2) is 4.44. The lowest BCUT2D eigenvalue weighted by molar-refractivity contribution is 0.0661. The van der Waals surface area contributed by atoms with Crippen molar-refractivity contribution in [3.8, 4) is 0 Å². The molecule has 0 radical (unpaired) electrons. The van der Waals surface area contributed by atoms with Gasteiger partial charge in [-0.1, -0.05) is 5.16 Å². The summed E-state index contributed by atoms with van der Waals surface area (Å²) in [5, 5.41) is 6.80. The van der Waals surface area contributed by atoms with E-state index in [2.05, 4.69) is 10.5 Å². The van der Waals surface area contributed by atoms with Crippen LogP contribution in [0.5, 0.6) is 0 Å². The van der Waals surface area contributed by atoms with E-state index in [9.17, 15) is 4.79 Å². The highest BCUT2D eigenvalue weighted by Gasteiger charge is 2.27. The van der Waals surface area contributed by atoms with Gasteiger partial charge in [0.1, 0.15) is 0 Å². The van der Waals surface area contributed by atoms with Crippen LogP contribution in [0.3, 0.4) is 0 Å². The van der Waals surface area contributed by atoms with Crippen molar-refractivity contribution < 1.29 is 9.32 Å². The first-order valence-corrected chi connectivity index (χ1v) is 5.25. The van der Waals surface area contributed by atoms with Crippen LogP contribution in [0.1, 0.15) is 23.9 Å². The standard InChI is InChI=1S/C10H15N3O2/c1-2-13(8-3-5-11-7-8)10(14)9-4-6-12-15-9/h4,6,8,11H,2-3,5,7H2,1H3. The molecular weight excluding hydrogens is 194 g/mol. The smallest absolute Gasteiger partial charge is 0.292 e. The Balaban J connectivity index is 2.09. The van der Waals surface area contributed by atoms with Gasteiger partial charge in [-0.05, 0) is 19.9 Å². The van der Waals surface area contributed by atoms with Crippen molar-refractivity contribution in [2.45, 2.75) is 19.4 Å². The second-order valence-corrected chi connectivity index (χ2v) is 3.61. The lowest BCUT2D eigenvalue weighted by atomic mass is 10.2. The lowest BCUT2D eigenvalue weighted by Gasteiger charge is -2.25. The maximum atomic E-state index is 12.0. The Morgan fingerprint density at radius 2 is 2.67 bits per heavy atom. The fourth-order valence-electron chi connectivity index (χ4n) is 1.94. The van der Waals surface area contributed by atoms with Crippen LogP contribution in [-0.4, -0.2) is 41.6 Å². The Bertz CT molecular complexity index is 317.